The lowest BCUT2D eigenvalue weighted by Crippen LogP contribution is -2.34. The molecule has 2 aliphatic heterocycles. The number of nitrogens with zero attached hydrogens (tertiary/aromatic N) is 1. The molecule has 0 saturated carbocycles. The minimum absolute atomic E-state index is 0.123. The van der Waals surface area contributed by atoms with Crippen molar-refractivity contribution in [1.29, 1.82) is 0 Å². The molecule has 0 bridgehead atoms. The zero-order valence-corrected chi connectivity index (χ0v) is 19.6. The smallest absolute Gasteiger partial charge is 0.231 e. The van der Waals surface area contributed by atoms with Gasteiger partial charge >= 0.3 is 0 Å². The van der Waals surface area contributed by atoms with E-state index >= 15 is 0 Å². The van der Waals surface area contributed by atoms with E-state index in [-0.39, 0.29) is 5.78 Å². The largest absolute Gasteiger partial charge is 0.497 e. The standard InChI is InChI=1S/C28H27NO5/c1-18-27-21(16-29(17-33-27)13-12-19-8-10-22(31-2)11-9-19)14-23-26(30)25(34-28(18)23)15-20-6-4-5-7-24(20)32-3/h4-11,14-15H,12-13,16-17H2,1-3H3/b25-15-. The summed E-state index contributed by atoms with van der Waals surface area (Å²) in [4.78, 5) is 15.4. The molecule has 0 aliphatic carbocycles. The molecule has 0 aromatic heterocycles. The Bertz CT molecular complexity index is 1260. The highest BCUT2D eigenvalue weighted by Crippen LogP contribution is 2.43. The van der Waals surface area contributed by atoms with Crippen LogP contribution in [0.5, 0.6) is 23.0 Å². The summed E-state index contributed by atoms with van der Waals surface area (Å²) in [5.41, 5.74) is 4.49. The summed E-state index contributed by atoms with van der Waals surface area (Å²) < 4.78 is 22.8. The number of carbonyl (C=O) groups excluding carboxylic acids is 1. The molecule has 174 valence electrons. The molecule has 5 rings (SSSR count). The van der Waals surface area contributed by atoms with E-state index in [1.807, 2.05) is 49.4 Å². The Labute approximate surface area is 199 Å². The maximum atomic E-state index is 13.2. The number of Topliss-reactive ketones (excluding diaryl/α,β-unsaturated/α-hetero) is 1. The minimum atomic E-state index is -0.123. The number of ether oxygens (including phenoxy) is 4. The van der Waals surface area contributed by atoms with Gasteiger partial charge in [0, 0.05) is 29.8 Å². The highest BCUT2D eigenvalue weighted by molar-refractivity contribution is 6.15. The minimum Gasteiger partial charge on any atom is -0.497 e. The van der Waals surface area contributed by atoms with Crippen LogP contribution in [0.25, 0.3) is 6.08 Å². The van der Waals surface area contributed by atoms with Crippen LogP contribution in [0.4, 0.5) is 0 Å². The van der Waals surface area contributed by atoms with Crippen LogP contribution in [0.15, 0.2) is 60.4 Å². The van der Waals surface area contributed by atoms with Crippen molar-refractivity contribution in [2.24, 2.45) is 0 Å². The van der Waals surface area contributed by atoms with Crippen molar-refractivity contribution >= 4 is 11.9 Å². The van der Waals surface area contributed by atoms with E-state index in [0.29, 0.717) is 29.6 Å². The molecular weight excluding hydrogens is 430 g/mol. The molecule has 0 unspecified atom stereocenters. The number of hydrogen-bond acceptors (Lipinski definition) is 6. The van der Waals surface area contributed by atoms with E-state index in [0.717, 1.165) is 47.7 Å². The lowest BCUT2D eigenvalue weighted by atomic mass is 9.99. The summed E-state index contributed by atoms with van der Waals surface area (Å²) in [6.07, 6.45) is 2.64. The molecule has 34 heavy (non-hydrogen) atoms. The number of para-hydroxylation sites is 1. The number of rotatable bonds is 6. The molecule has 6 nitrogen and oxygen atoms in total. The Morgan fingerprint density at radius 3 is 2.59 bits per heavy atom. The van der Waals surface area contributed by atoms with Crippen molar-refractivity contribution in [2.75, 3.05) is 27.5 Å². The maximum absolute atomic E-state index is 13.2. The van der Waals surface area contributed by atoms with Crippen LogP contribution in [-0.2, 0) is 13.0 Å². The molecule has 0 N–H and O–H groups in total. The predicted molar refractivity (Wildman–Crippen MR) is 130 cm³/mol. The third-order valence-corrected chi connectivity index (χ3v) is 6.30. The molecule has 3 aromatic carbocycles. The topological polar surface area (TPSA) is 57.2 Å². The van der Waals surface area contributed by atoms with E-state index in [2.05, 4.69) is 17.0 Å². The third kappa shape index (κ3) is 4.13. The lowest BCUT2D eigenvalue weighted by molar-refractivity contribution is 0.0954. The van der Waals surface area contributed by atoms with Crippen LogP contribution in [0, 0.1) is 6.92 Å². The summed E-state index contributed by atoms with van der Waals surface area (Å²) in [6, 6.07) is 17.6. The first-order chi connectivity index (χ1) is 16.6. The number of methoxy groups -OCH3 is 2. The first kappa shape index (κ1) is 22.0. The molecule has 3 aromatic rings. The van der Waals surface area contributed by atoms with Crippen LogP contribution in [-0.4, -0.2) is 38.2 Å². The second-order valence-corrected chi connectivity index (χ2v) is 8.47. The second-order valence-electron chi connectivity index (χ2n) is 8.47. The fraction of sp³-hybridized carbons (Fsp3) is 0.250. The normalized spacial score (nSPS) is 16.0. The zero-order valence-electron chi connectivity index (χ0n) is 19.6. The summed E-state index contributed by atoms with van der Waals surface area (Å²) in [6.45, 7) is 4.02. The van der Waals surface area contributed by atoms with Gasteiger partial charge in [-0.1, -0.05) is 30.3 Å². The fourth-order valence-electron chi connectivity index (χ4n) is 4.45. The van der Waals surface area contributed by atoms with Crippen LogP contribution >= 0.6 is 0 Å². The molecule has 2 heterocycles. The Morgan fingerprint density at radius 1 is 1.03 bits per heavy atom. The maximum Gasteiger partial charge on any atom is 0.231 e. The van der Waals surface area contributed by atoms with Crippen molar-refractivity contribution in [3.63, 3.8) is 0 Å². The highest BCUT2D eigenvalue weighted by atomic mass is 16.5. The van der Waals surface area contributed by atoms with E-state index in [1.54, 1.807) is 20.3 Å². The van der Waals surface area contributed by atoms with E-state index in [9.17, 15) is 4.79 Å². The van der Waals surface area contributed by atoms with Gasteiger partial charge in [-0.05, 0) is 49.2 Å². The number of fused-ring (bicyclic) bond motifs is 2. The van der Waals surface area contributed by atoms with Crippen LogP contribution in [0.1, 0.15) is 32.6 Å². The van der Waals surface area contributed by atoms with Gasteiger partial charge in [-0.2, -0.15) is 0 Å². The van der Waals surface area contributed by atoms with Crippen molar-refractivity contribution in [1.82, 2.24) is 4.90 Å². The molecule has 0 spiro atoms. The second kappa shape index (κ2) is 9.23. The average Bonchev–Trinajstić information content (AvgIpc) is 3.18. The molecule has 0 saturated heterocycles. The van der Waals surface area contributed by atoms with Crippen LogP contribution in [0.2, 0.25) is 0 Å². The number of hydrogen-bond donors (Lipinski definition) is 0. The lowest BCUT2D eigenvalue weighted by Gasteiger charge is -2.30. The molecule has 6 heteroatoms. The number of allylic oxidation sites excluding steroid dienone is 1. The van der Waals surface area contributed by atoms with Gasteiger partial charge in [0.25, 0.3) is 0 Å². The Balaban J connectivity index is 1.34. The molecule has 0 fully saturated rings. The fourth-order valence-corrected chi connectivity index (χ4v) is 4.45. The van der Waals surface area contributed by atoms with Crippen LogP contribution < -0.4 is 18.9 Å². The summed E-state index contributed by atoms with van der Waals surface area (Å²) in [5, 5.41) is 0. The Morgan fingerprint density at radius 2 is 1.82 bits per heavy atom. The van der Waals surface area contributed by atoms with E-state index < -0.39 is 0 Å². The van der Waals surface area contributed by atoms with Crippen molar-refractivity contribution in [2.45, 2.75) is 19.9 Å². The number of ketones is 1. The van der Waals surface area contributed by atoms with Crippen LogP contribution in [0.3, 0.4) is 0 Å². The van der Waals surface area contributed by atoms with Crippen molar-refractivity contribution in [3.8, 4) is 23.0 Å². The quantitative estimate of drug-likeness (QED) is 0.485. The van der Waals surface area contributed by atoms with Crippen molar-refractivity contribution < 1.29 is 23.7 Å². The first-order valence-electron chi connectivity index (χ1n) is 11.3. The van der Waals surface area contributed by atoms with Gasteiger partial charge in [0.05, 0.1) is 19.8 Å². The monoisotopic (exact) mass is 457 g/mol. The third-order valence-electron chi connectivity index (χ3n) is 6.30. The summed E-state index contributed by atoms with van der Waals surface area (Å²) in [5.74, 6) is 3.11. The van der Waals surface area contributed by atoms with Gasteiger partial charge in [-0.25, -0.2) is 0 Å². The molecule has 0 atom stereocenters. The zero-order chi connectivity index (χ0) is 23.7. The molecule has 0 amide bonds. The predicted octanol–water partition coefficient (Wildman–Crippen LogP) is 5.02. The van der Waals surface area contributed by atoms with Gasteiger partial charge in [0.15, 0.2) is 5.76 Å². The Kier molecular flexibility index (Phi) is 5.99. The average molecular weight is 458 g/mol. The Hall–Kier alpha value is -3.77. The van der Waals surface area contributed by atoms with Gasteiger partial charge in [0.1, 0.15) is 29.7 Å². The molecular formula is C28H27NO5. The number of carbonyl (C=O) groups is 1. The molecule has 0 radical (unpaired) electrons. The number of benzene rings is 3. The summed E-state index contributed by atoms with van der Waals surface area (Å²) >= 11 is 0. The summed E-state index contributed by atoms with van der Waals surface area (Å²) in [7, 11) is 3.28. The van der Waals surface area contributed by atoms with Gasteiger partial charge < -0.3 is 18.9 Å². The van der Waals surface area contributed by atoms with E-state index in [4.69, 9.17) is 18.9 Å². The van der Waals surface area contributed by atoms with Gasteiger partial charge in [-0.3, -0.25) is 9.69 Å². The van der Waals surface area contributed by atoms with E-state index in [1.165, 1.54) is 5.56 Å². The highest BCUT2D eigenvalue weighted by Gasteiger charge is 2.33. The van der Waals surface area contributed by atoms with Gasteiger partial charge in [0.2, 0.25) is 5.78 Å². The molecule has 2 aliphatic rings. The van der Waals surface area contributed by atoms with Gasteiger partial charge in [-0.15, -0.1) is 0 Å². The first-order valence-corrected chi connectivity index (χ1v) is 11.3. The van der Waals surface area contributed by atoms with Crippen molar-refractivity contribution in [3.05, 3.63) is 88.2 Å². The SMILES string of the molecule is COc1ccc(CCN2COc3c(cc4c(c3C)O/C(=C\c3ccccc3OC)C4=O)C2)cc1.